The molecule has 3 aromatic rings. The lowest BCUT2D eigenvalue weighted by Gasteiger charge is -2.23. The van der Waals surface area contributed by atoms with Crippen molar-refractivity contribution in [2.75, 3.05) is 18.6 Å². The topological polar surface area (TPSA) is 76.2 Å². The number of hydrogen-bond acceptors (Lipinski definition) is 6. The molecule has 2 heterocycles. The van der Waals surface area contributed by atoms with Crippen LogP contribution >= 0.6 is 0 Å². The number of H-pyrrole nitrogens is 1. The summed E-state index contributed by atoms with van der Waals surface area (Å²) in [5.41, 5.74) is 2.75. The third-order valence-electron chi connectivity index (χ3n) is 5.71. The van der Waals surface area contributed by atoms with E-state index in [0.717, 1.165) is 53.6 Å². The fraction of sp³-hybridized carbons (Fsp3) is 0.522. The highest BCUT2D eigenvalue weighted by molar-refractivity contribution is 5.83. The van der Waals surface area contributed by atoms with Crippen molar-refractivity contribution >= 4 is 17.0 Å². The predicted octanol–water partition coefficient (Wildman–Crippen LogP) is 4.83. The van der Waals surface area contributed by atoms with Crippen molar-refractivity contribution in [1.82, 2.24) is 19.9 Å². The van der Waals surface area contributed by atoms with Crippen LogP contribution in [0.3, 0.4) is 0 Å². The van der Waals surface area contributed by atoms with Crippen molar-refractivity contribution < 1.29 is 9.47 Å². The van der Waals surface area contributed by atoms with Crippen LogP contribution in [0.4, 0.5) is 5.82 Å². The molecular weight excluding hydrogens is 378 g/mol. The summed E-state index contributed by atoms with van der Waals surface area (Å²) >= 11 is 0. The van der Waals surface area contributed by atoms with E-state index in [-0.39, 0.29) is 6.10 Å². The second-order valence-corrected chi connectivity index (χ2v) is 8.20. The number of methoxy groups -OCH3 is 1. The Morgan fingerprint density at radius 3 is 2.67 bits per heavy atom. The van der Waals surface area contributed by atoms with Gasteiger partial charge >= 0.3 is 0 Å². The smallest absolute Gasteiger partial charge is 0.183 e. The third-order valence-corrected chi connectivity index (χ3v) is 5.71. The largest absolute Gasteiger partial charge is 0.493 e. The van der Waals surface area contributed by atoms with Crippen LogP contribution in [-0.2, 0) is 6.54 Å². The molecule has 1 aromatic carbocycles. The molecule has 0 spiro atoms. The van der Waals surface area contributed by atoms with Crippen LogP contribution in [0.2, 0.25) is 0 Å². The number of fused-ring (bicyclic) bond motifs is 1. The first-order chi connectivity index (χ1) is 14.6. The zero-order chi connectivity index (χ0) is 21.1. The van der Waals surface area contributed by atoms with Gasteiger partial charge in [-0.15, -0.1) is 0 Å². The van der Waals surface area contributed by atoms with E-state index >= 15 is 0 Å². The SMILES string of the molecule is CCN(Cc1ccc(OC)c(OC2CCCC2)c1)c1ncnc2nc(C(C)C)[nH]c12. The van der Waals surface area contributed by atoms with Gasteiger partial charge in [-0.25, -0.2) is 15.0 Å². The normalized spacial score (nSPS) is 14.6. The molecule has 1 fully saturated rings. The average molecular weight is 410 g/mol. The molecule has 0 unspecified atom stereocenters. The van der Waals surface area contributed by atoms with Crippen molar-refractivity contribution in [3.63, 3.8) is 0 Å². The molecule has 7 nitrogen and oxygen atoms in total. The van der Waals surface area contributed by atoms with E-state index in [1.165, 1.54) is 12.8 Å². The molecule has 0 atom stereocenters. The Hall–Kier alpha value is -2.83. The van der Waals surface area contributed by atoms with E-state index < -0.39 is 0 Å². The first-order valence-electron chi connectivity index (χ1n) is 10.9. The van der Waals surface area contributed by atoms with Gasteiger partial charge in [0.1, 0.15) is 17.7 Å². The van der Waals surface area contributed by atoms with E-state index in [1.54, 1.807) is 13.4 Å². The van der Waals surface area contributed by atoms with Gasteiger partial charge in [0.2, 0.25) is 0 Å². The minimum atomic E-state index is 0.289. The van der Waals surface area contributed by atoms with Crippen LogP contribution in [0.15, 0.2) is 24.5 Å². The van der Waals surface area contributed by atoms with Gasteiger partial charge in [0.15, 0.2) is 23.0 Å². The molecule has 1 aliphatic carbocycles. The summed E-state index contributed by atoms with van der Waals surface area (Å²) in [6, 6.07) is 6.19. The summed E-state index contributed by atoms with van der Waals surface area (Å²) in [7, 11) is 1.69. The molecular formula is C23H31N5O2. The van der Waals surface area contributed by atoms with E-state index in [2.05, 4.69) is 57.7 Å². The number of anilines is 1. The maximum Gasteiger partial charge on any atom is 0.183 e. The summed E-state index contributed by atoms with van der Waals surface area (Å²) < 4.78 is 11.8. The first-order valence-corrected chi connectivity index (χ1v) is 10.9. The molecule has 0 radical (unpaired) electrons. The molecule has 1 aliphatic rings. The van der Waals surface area contributed by atoms with Gasteiger partial charge in [-0.3, -0.25) is 0 Å². The molecule has 1 N–H and O–H groups in total. The number of rotatable bonds is 8. The number of hydrogen-bond donors (Lipinski definition) is 1. The van der Waals surface area contributed by atoms with Gasteiger partial charge in [-0.2, -0.15) is 0 Å². The number of nitrogens with zero attached hydrogens (tertiary/aromatic N) is 4. The highest BCUT2D eigenvalue weighted by Crippen LogP contribution is 2.33. The molecule has 30 heavy (non-hydrogen) atoms. The molecule has 0 aliphatic heterocycles. The van der Waals surface area contributed by atoms with Gasteiger partial charge in [0.05, 0.1) is 13.2 Å². The standard InChI is InChI=1S/C23H31N5O2/c1-5-28(23-20-22(24-14-25-23)27-21(26-20)15(2)3)13-16-10-11-18(29-4)19(12-16)30-17-8-6-7-9-17/h10-12,14-15,17H,5-9,13H2,1-4H3,(H,24,25,26,27). The maximum atomic E-state index is 6.27. The number of ether oxygens (including phenoxy) is 2. The van der Waals surface area contributed by atoms with Gasteiger partial charge in [-0.05, 0) is 50.3 Å². The average Bonchev–Trinajstić information content (AvgIpc) is 3.42. The Morgan fingerprint density at radius 2 is 1.97 bits per heavy atom. The van der Waals surface area contributed by atoms with E-state index in [9.17, 15) is 0 Å². The Labute approximate surface area is 177 Å². The van der Waals surface area contributed by atoms with E-state index in [4.69, 9.17) is 9.47 Å². The lowest BCUT2D eigenvalue weighted by Crippen LogP contribution is -2.23. The van der Waals surface area contributed by atoms with Crippen LogP contribution in [0, 0.1) is 0 Å². The monoisotopic (exact) mass is 409 g/mol. The van der Waals surface area contributed by atoms with Gasteiger partial charge < -0.3 is 19.4 Å². The molecule has 0 amide bonds. The second kappa shape index (κ2) is 8.90. The highest BCUT2D eigenvalue weighted by atomic mass is 16.5. The fourth-order valence-corrected chi connectivity index (χ4v) is 4.00. The summed E-state index contributed by atoms with van der Waals surface area (Å²) in [5.74, 6) is 3.72. The van der Waals surface area contributed by atoms with Crippen molar-refractivity contribution in [3.05, 3.63) is 35.9 Å². The minimum absolute atomic E-state index is 0.289. The number of imidazole rings is 1. The van der Waals surface area contributed by atoms with Crippen LogP contribution in [-0.4, -0.2) is 39.7 Å². The first kappa shape index (κ1) is 20.4. The quantitative estimate of drug-likeness (QED) is 0.574. The summed E-state index contributed by atoms with van der Waals surface area (Å²) in [4.78, 5) is 19.2. The molecule has 7 heteroatoms. The molecule has 4 rings (SSSR count). The van der Waals surface area contributed by atoms with Crippen molar-refractivity contribution in [2.24, 2.45) is 0 Å². The van der Waals surface area contributed by atoms with E-state index in [1.807, 2.05) is 6.07 Å². The Kier molecular flexibility index (Phi) is 6.06. The van der Waals surface area contributed by atoms with Gasteiger partial charge in [0.25, 0.3) is 0 Å². The Morgan fingerprint density at radius 1 is 1.17 bits per heavy atom. The lowest BCUT2D eigenvalue weighted by molar-refractivity contribution is 0.200. The minimum Gasteiger partial charge on any atom is -0.493 e. The lowest BCUT2D eigenvalue weighted by atomic mass is 10.1. The Balaban J connectivity index is 1.61. The Bertz CT molecular complexity index is 994. The summed E-state index contributed by atoms with van der Waals surface area (Å²) in [6.07, 6.45) is 6.59. The molecule has 1 saturated carbocycles. The fourth-order valence-electron chi connectivity index (χ4n) is 4.00. The second-order valence-electron chi connectivity index (χ2n) is 8.20. The van der Waals surface area contributed by atoms with Crippen LogP contribution < -0.4 is 14.4 Å². The van der Waals surface area contributed by atoms with E-state index in [0.29, 0.717) is 18.1 Å². The van der Waals surface area contributed by atoms with Crippen molar-refractivity contribution in [2.45, 2.75) is 65.0 Å². The molecule has 160 valence electrons. The van der Waals surface area contributed by atoms with Gasteiger partial charge in [-0.1, -0.05) is 19.9 Å². The summed E-state index contributed by atoms with van der Waals surface area (Å²) in [6.45, 7) is 7.89. The summed E-state index contributed by atoms with van der Waals surface area (Å²) in [5, 5.41) is 0. The molecule has 0 saturated heterocycles. The number of aromatic amines is 1. The van der Waals surface area contributed by atoms with Crippen molar-refractivity contribution in [3.8, 4) is 11.5 Å². The molecule has 2 aromatic heterocycles. The number of nitrogens with one attached hydrogen (secondary N) is 1. The van der Waals surface area contributed by atoms with Gasteiger partial charge in [0, 0.05) is 19.0 Å². The zero-order valence-electron chi connectivity index (χ0n) is 18.3. The van der Waals surface area contributed by atoms with Crippen LogP contribution in [0.25, 0.3) is 11.2 Å². The van der Waals surface area contributed by atoms with Crippen molar-refractivity contribution in [1.29, 1.82) is 0 Å². The zero-order valence-corrected chi connectivity index (χ0v) is 18.3. The number of benzene rings is 1. The third kappa shape index (κ3) is 4.20. The predicted molar refractivity (Wildman–Crippen MR) is 118 cm³/mol. The number of aromatic nitrogens is 4. The van der Waals surface area contributed by atoms with Crippen LogP contribution in [0.1, 0.15) is 63.8 Å². The van der Waals surface area contributed by atoms with Crippen LogP contribution in [0.5, 0.6) is 11.5 Å². The molecule has 0 bridgehead atoms. The highest BCUT2D eigenvalue weighted by Gasteiger charge is 2.20. The maximum absolute atomic E-state index is 6.27.